The van der Waals surface area contributed by atoms with Gasteiger partial charge in [0.25, 0.3) is 5.56 Å². The smallest absolute Gasteiger partial charge is 0.321 e. The third-order valence-electron chi connectivity index (χ3n) is 5.14. The molecule has 1 aromatic carbocycles. The van der Waals surface area contributed by atoms with Crippen molar-refractivity contribution in [2.75, 3.05) is 31.6 Å². The van der Waals surface area contributed by atoms with Crippen molar-refractivity contribution in [3.05, 3.63) is 34.9 Å². The zero-order valence-corrected chi connectivity index (χ0v) is 14.0. The Morgan fingerprint density at radius 1 is 1.28 bits per heavy atom. The average molecular weight is 342 g/mol. The van der Waals surface area contributed by atoms with Crippen LogP contribution in [0.3, 0.4) is 0 Å². The van der Waals surface area contributed by atoms with Crippen LogP contribution in [-0.2, 0) is 4.74 Å². The van der Waals surface area contributed by atoms with Crippen LogP contribution >= 0.6 is 0 Å². The molecule has 0 radical (unpaired) electrons. The first-order chi connectivity index (χ1) is 12.2. The second-order valence-electron chi connectivity index (χ2n) is 6.96. The number of benzene rings is 1. The molecule has 25 heavy (non-hydrogen) atoms. The zero-order valence-electron chi connectivity index (χ0n) is 14.0. The van der Waals surface area contributed by atoms with Gasteiger partial charge in [-0.3, -0.25) is 4.79 Å². The first-order valence-corrected chi connectivity index (χ1v) is 8.80. The normalized spacial score (nSPS) is 19.0. The van der Waals surface area contributed by atoms with Crippen LogP contribution in [0.2, 0.25) is 0 Å². The van der Waals surface area contributed by atoms with Gasteiger partial charge in [0.1, 0.15) is 0 Å². The largest absolute Gasteiger partial charge is 0.381 e. The number of anilines is 1. The molecule has 2 aliphatic heterocycles. The number of nitrogens with zero attached hydrogens (tertiary/aromatic N) is 2. The number of aromatic nitrogens is 2. The molecular weight excluding hydrogens is 320 g/mol. The Morgan fingerprint density at radius 3 is 2.88 bits per heavy atom. The lowest BCUT2D eigenvalue weighted by atomic mass is 9.85. The lowest BCUT2D eigenvalue weighted by molar-refractivity contribution is 0.0427. The molecule has 0 saturated carbocycles. The van der Waals surface area contributed by atoms with E-state index in [1.165, 1.54) is 12.7 Å². The van der Waals surface area contributed by atoms with Crippen molar-refractivity contribution in [2.24, 2.45) is 11.8 Å². The Balaban J connectivity index is 1.32. The minimum Gasteiger partial charge on any atom is -0.381 e. The van der Waals surface area contributed by atoms with Crippen LogP contribution in [0, 0.1) is 11.8 Å². The second-order valence-corrected chi connectivity index (χ2v) is 6.96. The highest BCUT2D eigenvalue weighted by Gasteiger charge is 2.32. The molecule has 0 spiro atoms. The Hall–Kier alpha value is -2.41. The van der Waals surface area contributed by atoms with E-state index in [9.17, 15) is 9.59 Å². The Kier molecular flexibility index (Phi) is 4.40. The molecule has 1 aromatic heterocycles. The van der Waals surface area contributed by atoms with Gasteiger partial charge in [-0.1, -0.05) is 0 Å². The van der Waals surface area contributed by atoms with Crippen molar-refractivity contribution in [1.29, 1.82) is 0 Å². The Labute approximate surface area is 145 Å². The summed E-state index contributed by atoms with van der Waals surface area (Å²) in [6, 6.07) is 5.07. The molecule has 3 heterocycles. The van der Waals surface area contributed by atoms with Crippen molar-refractivity contribution in [3.8, 4) is 0 Å². The molecule has 2 N–H and O–H groups in total. The van der Waals surface area contributed by atoms with Crippen LogP contribution in [0.4, 0.5) is 10.5 Å². The van der Waals surface area contributed by atoms with Crippen LogP contribution in [0.15, 0.2) is 29.3 Å². The van der Waals surface area contributed by atoms with Crippen molar-refractivity contribution in [1.82, 2.24) is 14.9 Å². The molecule has 0 aliphatic carbocycles. The number of ether oxygens (including phenoxy) is 1. The van der Waals surface area contributed by atoms with E-state index in [0.717, 1.165) is 45.1 Å². The SMILES string of the molecule is O=C(Nc1ccc2nc[nH]c(=O)c2c1)N1CC(CC2CCOCC2)C1. The van der Waals surface area contributed by atoms with E-state index in [0.29, 0.717) is 22.5 Å². The van der Waals surface area contributed by atoms with Gasteiger partial charge in [-0.05, 0) is 49.3 Å². The van der Waals surface area contributed by atoms with E-state index in [1.54, 1.807) is 18.2 Å². The number of carbonyl (C=O) groups excluding carboxylic acids is 1. The van der Waals surface area contributed by atoms with Crippen LogP contribution < -0.4 is 10.9 Å². The van der Waals surface area contributed by atoms with Crippen molar-refractivity contribution in [3.63, 3.8) is 0 Å². The number of aromatic amines is 1. The maximum absolute atomic E-state index is 12.3. The van der Waals surface area contributed by atoms with Crippen molar-refractivity contribution < 1.29 is 9.53 Å². The number of fused-ring (bicyclic) bond motifs is 1. The molecule has 0 atom stereocenters. The number of likely N-dealkylation sites (tertiary alicyclic amines) is 1. The van der Waals surface area contributed by atoms with Crippen LogP contribution in [0.1, 0.15) is 19.3 Å². The van der Waals surface area contributed by atoms with Gasteiger partial charge in [0.05, 0.1) is 17.2 Å². The third-order valence-corrected chi connectivity index (χ3v) is 5.14. The van der Waals surface area contributed by atoms with Gasteiger partial charge in [-0.25, -0.2) is 9.78 Å². The third kappa shape index (κ3) is 3.51. The molecule has 7 heteroatoms. The summed E-state index contributed by atoms with van der Waals surface area (Å²) in [6.07, 6.45) is 4.84. The molecule has 2 fully saturated rings. The number of hydrogen-bond donors (Lipinski definition) is 2. The number of rotatable bonds is 3. The van der Waals surface area contributed by atoms with E-state index in [4.69, 9.17) is 4.74 Å². The minimum atomic E-state index is -0.207. The first-order valence-electron chi connectivity index (χ1n) is 8.80. The quantitative estimate of drug-likeness (QED) is 0.895. The van der Waals surface area contributed by atoms with E-state index in [2.05, 4.69) is 15.3 Å². The van der Waals surface area contributed by atoms with Crippen molar-refractivity contribution in [2.45, 2.75) is 19.3 Å². The molecule has 2 saturated heterocycles. The molecule has 132 valence electrons. The molecule has 2 aromatic rings. The van der Waals surface area contributed by atoms with Crippen molar-refractivity contribution >= 4 is 22.6 Å². The number of amides is 2. The van der Waals surface area contributed by atoms with Gasteiger partial charge < -0.3 is 19.9 Å². The van der Waals surface area contributed by atoms with Gasteiger partial charge in [0.2, 0.25) is 0 Å². The number of nitrogens with one attached hydrogen (secondary N) is 2. The lowest BCUT2D eigenvalue weighted by Crippen LogP contribution is -2.52. The first kappa shape index (κ1) is 16.1. The molecule has 0 unspecified atom stereocenters. The predicted molar refractivity (Wildman–Crippen MR) is 94.6 cm³/mol. The summed E-state index contributed by atoms with van der Waals surface area (Å²) in [6.45, 7) is 3.35. The zero-order chi connectivity index (χ0) is 17.2. The summed E-state index contributed by atoms with van der Waals surface area (Å²) in [5.74, 6) is 1.33. The number of carbonyl (C=O) groups is 1. The van der Waals surface area contributed by atoms with Gasteiger partial charge in [0, 0.05) is 32.0 Å². The standard InChI is InChI=1S/C18H22N4O3/c23-17-15-8-14(1-2-16(15)19-11-20-17)21-18(24)22-9-13(10-22)7-12-3-5-25-6-4-12/h1-2,8,11-13H,3-7,9-10H2,(H,21,24)(H,19,20,23). The Morgan fingerprint density at radius 2 is 2.08 bits per heavy atom. The summed E-state index contributed by atoms with van der Waals surface area (Å²) in [5.41, 5.74) is 1.02. The fourth-order valence-electron chi connectivity index (χ4n) is 3.69. The molecule has 4 rings (SSSR count). The predicted octanol–water partition coefficient (Wildman–Crippen LogP) is 2.20. The highest BCUT2D eigenvalue weighted by molar-refractivity contribution is 5.92. The number of urea groups is 1. The fraction of sp³-hybridized carbons (Fsp3) is 0.500. The van der Waals surface area contributed by atoms with Crippen LogP contribution in [-0.4, -0.2) is 47.2 Å². The van der Waals surface area contributed by atoms with E-state index in [1.807, 2.05) is 4.90 Å². The summed E-state index contributed by atoms with van der Waals surface area (Å²) in [5, 5.41) is 3.35. The topological polar surface area (TPSA) is 87.3 Å². The van der Waals surface area contributed by atoms with Gasteiger partial charge >= 0.3 is 6.03 Å². The van der Waals surface area contributed by atoms with Gasteiger partial charge in [-0.2, -0.15) is 0 Å². The molecule has 2 aliphatic rings. The van der Waals surface area contributed by atoms with Gasteiger partial charge in [-0.15, -0.1) is 0 Å². The summed E-state index contributed by atoms with van der Waals surface area (Å²) < 4.78 is 5.39. The maximum atomic E-state index is 12.3. The molecule has 2 amide bonds. The molecule has 0 bridgehead atoms. The minimum absolute atomic E-state index is 0.108. The number of H-pyrrole nitrogens is 1. The van der Waals surface area contributed by atoms with E-state index in [-0.39, 0.29) is 11.6 Å². The molecule has 7 nitrogen and oxygen atoms in total. The fourth-order valence-corrected chi connectivity index (χ4v) is 3.69. The lowest BCUT2D eigenvalue weighted by Gasteiger charge is -2.41. The highest BCUT2D eigenvalue weighted by Crippen LogP contribution is 2.29. The second kappa shape index (κ2) is 6.84. The van der Waals surface area contributed by atoms with E-state index < -0.39 is 0 Å². The average Bonchev–Trinajstić information content (AvgIpc) is 2.59. The molecular formula is C18H22N4O3. The summed E-state index contributed by atoms with van der Waals surface area (Å²) in [7, 11) is 0. The van der Waals surface area contributed by atoms with Crippen LogP contribution in [0.25, 0.3) is 10.9 Å². The maximum Gasteiger partial charge on any atom is 0.321 e. The summed E-state index contributed by atoms with van der Waals surface area (Å²) in [4.78, 5) is 32.6. The van der Waals surface area contributed by atoms with E-state index >= 15 is 0 Å². The van der Waals surface area contributed by atoms with Crippen LogP contribution in [0.5, 0.6) is 0 Å². The number of hydrogen-bond acceptors (Lipinski definition) is 4. The monoisotopic (exact) mass is 342 g/mol. The summed E-state index contributed by atoms with van der Waals surface area (Å²) >= 11 is 0. The van der Waals surface area contributed by atoms with Gasteiger partial charge in [0.15, 0.2) is 0 Å². The highest BCUT2D eigenvalue weighted by atomic mass is 16.5. The Bertz CT molecular complexity index is 822.